The molecule has 1 N–H and O–H groups in total. The number of rotatable bonds is 1. The second-order valence-electron chi connectivity index (χ2n) is 4.00. The maximum atomic E-state index is 11.3. The Hall–Kier alpha value is -2.36. The van der Waals surface area contributed by atoms with E-state index in [1.54, 1.807) is 24.4 Å². The summed E-state index contributed by atoms with van der Waals surface area (Å²) in [4.78, 5) is 15.6. The highest BCUT2D eigenvalue weighted by Crippen LogP contribution is 2.23. The van der Waals surface area contributed by atoms with Gasteiger partial charge in [0.2, 0.25) is 0 Å². The Morgan fingerprint density at radius 2 is 2.18 bits per heavy atom. The van der Waals surface area contributed by atoms with E-state index in [0.717, 1.165) is 16.4 Å². The molecule has 0 aliphatic carbocycles. The molecule has 0 unspecified atom stereocenters. The smallest absolute Gasteiger partial charge is 0.179 e. The first-order valence-corrected chi connectivity index (χ1v) is 5.26. The number of aromatic hydroxyl groups is 1. The summed E-state index contributed by atoms with van der Waals surface area (Å²) in [5.41, 5.74) is 1.18. The zero-order valence-corrected chi connectivity index (χ0v) is 9.21. The molecule has 2 heterocycles. The minimum atomic E-state index is -0.0550. The van der Waals surface area contributed by atoms with Crippen molar-refractivity contribution >= 4 is 22.2 Å². The fourth-order valence-electron chi connectivity index (χ4n) is 1.93. The molecule has 17 heavy (non-hydrogen) atoms. The molecule has 0 bridgehead atoms. The van der Waals surface area contributed by atoms with Crippen LogP contribution in [0.4, 0.5) is 0 Å². The number of aromatic nitrogens is 2. The average molecular weight is 226 g/mol. The van der Waals surface area contributed by atoms with E-state index in [2.05, 4.69) is 4.98 Å². The molecule has 0 saturated carbocycles. The first kappa shape index (κ1) is 9.84. The number of carbonyl (C=O) groups excluding carboxylic acids is 1. The van der Waals surface area contributed by atoms with Gasteiger partial charge in [-0.15, -0.1) is 0 Å². The summed E-state index contributed by atoms with van der Waals surface area (Å²) in [6.07, 6.45) is 3.54. The number of hydrogen-bond acceptors (Lipinski definition) is 3. The van der Waals surface area contributed by atoms with Crippen molar-refractivity contribution in [3.05, 3.63) is 42.4 Å². The monoisotopic (exact) mass is 226 g/mol. The van der Waals surface area contributed by atoms with Crippen LogP contribution in [-0.4, -0.2) is 20.3 Å². The number of Topliss-reactive ketones (excluding diaryl/α,β-unsaturated/α-hetero) is 1. The Bertz CT molecular complexity index is 744. The van der Waals surface area contributed by atoms with Crippen molar-refractivity contribution in [2.75, 3.05) is 0 Å². The molecule has 0 amide bonds. The SMILES string of the molecule is CC(=O)c1cn2ccc3cc(O)ccc3c2n1. The number of ketones is 1. The fourth-order valence-corrected chi connectivity index (χ4v) is 1.93. The van der Waals surface area contributed by atoms with Crippen LogP contribution in [0.1, 0.15) is 17.4 Å². The molecule has 0 aliphatic heterocycles. The van der Waals surface area contributed by atoms with Crippen LogP contribution < -0.4 is 0 Å². The summed E-state index contributed by atoms with van der Waals surface area (Å²) < 4.78 is 1.82. The van der Waals surface area contributed by atoms with Gasteiger partial charge in [-0.1, -0.05) is 0 Å². The summed E-state index contributed by atoms with van der Waals surface area (Å²) in [7, 11) is 0. The Kier molecular flexibility index (Phi) is 1.92. The Labute approximate surface area is 97.1 Å². The molecular formula is C13H10N2O2. The second-order valence-corrected chi connectivity index (χ2v) is 4.00. The predicted molar refractivity (Wildman–Crippen MR) is 64.4 cm³/mol. The van der Waals surface area contributed by atoms with E-state index < -0.39 is 0 Å². The highest BCUT2D eigenvalue weighted by atomic mass is 16.3. The van der Waals surface area contributed by atoms with Gasteiger partial charge in [-0.2, -0.15) is 0 Å². The molecule has 0 spiro atoms. The van der Waals surface area contributed by atoms with Crippen molar-refractivity contribution in [1.29, 1.82) is 0 Å². The van der Waals surface area contributed by atoms with E-state index in [1.807, 2.05) is 16.7 Å². The molecule has 2 aromatic heterocycles. The number of phenolic OH excluding ortho intramolecular Hbond substituents is 1. The van der Waals surface area contributed by atoms with Crippen LogP contribution in [0.5, 0.6) is 5.75 Å². The molecule has 0 fully saturated rings. The minimum absolute atomic E-state index is 0.0550. The number of imidazole rings is 1. The standard InChI is InChI=1S/C13H10N2O2/c1-8(16)12-7-15-5-4-9-6-10(17)2-3-11(9)13(15)14-12/h2-7,17H,1H3. The summed E-state index contributed by atoms with van der Waals surface area (Å²) >= 11 is 0. The van der Waals surface area contributed by atoms with Gasteiger partial charge in [-0.3, -0.25) is 4.79 Å². The number of fused-ring (bicyclic) bond motifs is 3. The molecule has 0 atom stereocenters. The van der Waals surface area contributed by atoms with Gasteiger partial charge in [0.15, 0.2) is 5.78 Å². The van der Waals surface area contributed by atoms with Gasteiger partial charge < -0.3 is 9.51 Å². The van der Waals surface area contributed by atoms with E-state index in [4.69, 9.17) is 0 Å². The Morgan fingerprint density at radius 3 is 2.94 bits per heavy atom. The third kappa shape index (κ3) is 1.45. The van der Waals surface area contributed by atoms with Crippen LogP contribution in [0.2, 0.25) is 0 Å². The molecule has 0 aliphatic rings. The maximum absolute atomic E-state index is 11.3. The third-order valence-electron chi connectivity index (χ3n) is 2.78. The van der Waals surface area contributed by atoms with Crippen molar-refractivity contribution in [3.63, 3.8) is 0 Å². The molecule has 4 nitrogen and oxygen atoms in total. The van der Waals surface area contributed by atoms with Crippen molar-refractivity contribution in [2.24, 2.45) is 0 Å². The van der Waals surface area contributed by atoms with Crippen molar-refractivity contribution in [2.45, 2.75) is 6.92 Å². The molecule has 0 radical (unpaired) electrons. The summed E-state index contributed by atoms with van der Waals surface area (Å²) in [5.74, 6) is 0.167. The van der Waals surface area contributed by atoms with Crippen LogP contribution in [0.15, 0.2) is 36.7 Å². The number of hydrogen-bond donors (Lipinski definition) is 1. The van der Waals surface area contributed by atoms with E-state index in [1.165, 1.54) is 6.92 Å². The van der Waals surface area contributed by atoms with Crippen LogP contribution in [-0.2, 0) is 0 Å². The van der Waals surface area contributed by atoms with Crippen molar-refractivity contribution < 1.29 is 9.90 Å². The van der Waals surface area contributed by atoms with Crippen LogP contribution >= 0.6 is 0 Å². The van der Waals surface area contributed by atoms with Gasteiger partial charge in [-0.05, 0) is 29.7 Å². The molecule has 3 aromatic rings. The van der Waals surface area contributed by atoms with Crippen LogP contribution in [0, 0.1) is 0 Å². The summed E-state index contributed by atoms with van der Waals surface area (Å²) in [6.45, 7) is 1.50. The van der Waals surface area contributed by atoms with E-state index >= 15 is 0 Å². The highest BCUT2D eigenvalue weighted by Gasteiger charge is 2.08. The third-order valence-corrected chi connectivity index (χ3v) is 2.78. The van der Waals surface area contributed by atoms with Crippen molar-refractivity contribution in [1.82, 2.24) is 9.38 Å². The molecule has 84 valence electrons. The lowest BCUT2D eigenvalue weighted by Gasteiger charge is -2.00. The Balaban J connectivity index is 2.42. The number of phenols is 1. The summed E-state index contributed by atoms with van der Waals surface area (Å²) in [6, 6.07) is 6.98. The normalized spacial score (nSPS) is 11.1. The zero-order valence-electron chi connectivity index (χ0n) is 9.21. The number of carbonyl (C=O) groups is 1. The minimum Gasteiger partial charge on any atom is -0.508 e. The fraction of sp³-hybridized carbons (Fsp3) is 0.0769. The zero-order chi connectivity index (χ0) is 12.0. The van der Waals surface area contributed by atoms with E-state index in [9.17, 15) is 9.90 Å². The lowest BCUT2D eigenvalue weighted by atomic mass is 10.1. The highest BCUT2D eigenvalue weighted by molar-refractivity contribution is 5.98. The van der Waals surface area contributed by atoms with Gasteiger partial charge in [0.05, 0.1) is 0 Å². The predicted octanol–water partition coefficient (Wildman–Crippen LogP) is 2.40. The van der Waals surface area contributed by atoms with Crippen LogP contribution in [0.3, 0.4) is 0 Å². The molecule has 1 aromatic carbocycles. The number of pyridine rings is 1. The second kappa shape index (κ2) is 3.31. The molecule has 4 heteroatoms. The topological polar surface area (TPSA) is 54.6 Å². The maximum Gasteiger partial charge on any atom is 0.179 e. The first-order valence-electron chi connectivity index (χ1n) is 5.26. The largest absolute Gasteiger partial charge is 0.508 e. The van der Waals surface area contributed by atoms with E-state index in [0.29, 0.717) is 5.69 Å². The average Bonchev–Trinajstić information content (AvgIpc) is 2.72. The van der Waals surface area contributed by atoms with Gasteiger partial charge >= 0.3 is 0 Å². The molecule has 3 rings (SSSR count). The Morgan fingerprint density at radius 1 is 1.35 bits per heavy atom. The number of nitrogens with zero attached hydrogens (tertiary/aromatic N) is 2. The summed E-state index contributed by atoms with van der Waals surface area (Å²) in [5, 5.41) is 11.2. The van der Waals surface area contributed by atoms with E-state index in [-0.39, 0.29) is 11.5 Å². The van der Waals surface area contributed by atoms with Crippen LogP contribution in [0.25, 0.3) is 16.4 Å². The lowest BCUT2D eigenvalue weighted by Crippen LogP contribution is -1.90. The van der Waals surface area contributed by atoms with Gasteiger partial charge in [-0.25, -0.2) is 4.98 Å². The molecular weight excluding hydrogens is 216 g/mol. The first-order chi connectivity index (χ1) is 8.15. The molecule has 0 saturated heterocycles. The lowest BCUT2D eigenvalue weighted by molar-refractivity contribution is 0.101. The van der Waals surface area contributed by atoms with Crippen molar-refractivity contribution in [3.8, 4) is 5.75 Å². The van der Waals surface area contributed by atoms with Gasteiger partial charge in [0.25, 0.3) is 0 Å². The van der Waals surface area contributed by atoms with Gasteiger partial charge in [0.1, 0.15) is 17.1 Å². The van der Waals surface area contributed by atoms with Gasteiger partial charge in [0, 0.05) is 24.7 Å². The number of benzene rings is 1. The quantitative estimate of drug-likeness (QED) is 0.648.